The number of allylic oxidation sites excluding steroid dienone is 1. The van der Waals surface area contributed by atoms with Gasteiger partial charge in [0.2, 0.25) is 0 Å². The fourth-order valence-corrected chi connectivity index (χ4v) is 3.93. The number of nitrogens with one attached hydrogen (secondary N) is 4. The molecular weight excluding hydrogens is 360 g/mol. The molecule has 4 heterocycles. The molecule has 0 atom stereocenters. The van der Waals surface area contributed by atoms with Crippen LogP contribution in [0.25, 0.3) is 0 Å². The van der Waals surface area contributed by atoms with E-state index in [0.717, 1.165) is 11.8 Å². The molecule has 136 valence electrons. The zero-order valence-electron chi connectivity index (χ0n) is 13.6. The molecule has 0 aliphatic carbocycles. The van der Waals surface area contributed by atoms with E-state index in [1.165, 1.54) is 0 Å². The van der Waals surface area contributed by atoms with Crippen molar-refractivity contribution in [1.29, 1.82) is 0 Å². The Kier molecular flexibility index (Phi) is 3.94. The van der Waals surface area contributed by atoms with Crippen LogP contribution in [0.3, 0.4) is 0 Å². The summed E-state index contributed by atoms with van der Waals surface area (Å²) in [5, 5.41) is 10.0. The number of rotatable bonds is 1. The predicted octanol–water partition coefficient (Wildman–Crippen LogP) is -0.630. The van der Waals surface area contributed by atoms with Crippen LogP contribution in [0.2, 0.25) is 0 Å². The quantitative estimate of drug-likeness (QED) is 0.354. The van der Waals surface area contributed by atoms with Crippen LogP contribution in [0, 0.1) is 0 Å². The Morgan fingerprint density at radius 3 is 2.54 bits per heavy atom. The summed E-state index contributed by atoms with van der Waals surface area (Å²) in [4.78, 5) is 53.1. The lowest BCUT2D eigenvalue weighted by Gasteiger charge is -2.38. The van der Waals surface area contributed by atoms with E-state index in [4.69, 9.17) is 0 Å². The Morgan fingerprint density at radius 1 is 1.15 bits per heavy atom. The molecule has 3 saturated heterocycles. The smallest absolute Gasteiger partial charge is 0.322 e. The summed E-state index contributed by atoms with van der Waals surface area (Å²) in [5.41, 5.74) is -0.235. The van der Waals surface area contributed by atoms with Crippen molar-refractivity contribution in [3.63, 3.8) is 0 Å². The standard InChI is InChI=1S/C15H16N6O4S/c22-10-9(26-14(25)18-10)7-8-1-4-16-12(17-8)21-5-2-15(3-6-21)11(23)19-13(24)20-15/h1,7H,2-6H2,(H,16,17)(H,18,22,25)(H2,19,20,23,24)/b9-7-. The van der Waals surface area contributed by atoms with E-state index in [1.807, 2.05) is 11.0 Å². The highest BCUT2D eigenvalue weighted by Crippen LogP contribution is 2.27. The number of carbonyl (C=O) groups excluding carboxylic acids is 4. The third kappa shape index (κ3) is 2.94. The van der Waals surface area contributed by atoms with Crippen molar-refractivity contribution in [3.8, 4) is 0 Å². The van der Waals surface area contributed by atoms with E-state index in [2.05, 4.69) is 26.3 Å². The van der Waals surface area contributed by atoms with Crippen LogP contribution in [0.1, 0.15) is 12.8 Å². The molecule has 0 aromatic heterocycles. The van der Waals surface area contributed by atoms with Gasteiger partial charge >= 0.3 is 6.03 Å². The summed E-state index contributed by atoms with van der Waals surface area (Å²) in [6, 6.07) is -0.449. The number of imide groups is 2. The van der Waals surface area contributed by atoms with Crippen molar-refractivity contribution >= 4 is 40.8 Å². The zero-order chi connectivity index (χ0) is 18.3. The number of piperidine rings is 1. The van der Waals surface area contributed by atoms with Crippen LogP contribution in [0.5, 0.6) is 0 Å². The maximum atomic E-state index is 12.0. The zero-order valence-corrected chi connectivity index (χ0v) is 14.4. The van der Waals surface area contributed by atoms with Gasteiger partial charge in [0.1, 0.15) is 5.54 Å². The van der Waals surface area contributed by atoms with E-state index in [-0.39, 0.29) is 5.91 Å². The first-order valence-corrected chi connectivity index (χ1v) is 8.93. The van der Waals surface area contributed by atoms with E-state index >= 15 is 0 Å². The fraction of sp³-hybridized carbons (Fsp3) is 0.400. The van der Waals surface area contributed by atoms with Crippen LogP contribution >= 0.6 is 11.8 Å². The van der Waals surface area contributed by atoms with Gasteiger partial charge in [0.25, 0.3) is 17.1 Å². The molecule has 0 radical (unpaired) electrons. The Hall–Kier alpha value is -2.82. The number of urea groups is 1. The lowest BCUT2D eigenvalue weighted by atomic mass is 9.88. The number of nitrogens with zero attached hydrogens (tertiary/aromatic N) is 2. The molecule has 26 heavy (non-hydrogen) atoms. The van der Waals surface area contributed by atoms with Crippen molar-refractivity contribution in [1.82, 2.24) is 26.2 Å². The first-order valence-electron chi connectivity index (χ1n) is 8.11. The summed E-state index contributed by atoms with van der Waals surface area (Å²) in [7, 11) is 0. The Bertz CT molecular complexity index is 809. The van der Waals surface area contributed by atoms with Crippen LogP contribution in [0.4, 0.5) is 9.59 Å². The second kappa shape index (κ2) is 6.16. The van der Waals surface area contributed by atoms with Crippen molar-refractivity contribution in [2.45, 2.75) is 18.4 Å². The highest BCUT2D eigenvalue weighted by molar-refractivity contribution is 8.18. The van der Waals surface area contributed by atoms with Crippen LogP contribution < -0.4 is 21.3 Å². The van der Waals surface area contributed by atoms with Gasteiger partial charge in [-0.15, -0.1) is 0 Å². The lowest BCUT2D eigenvalue weighted by Crippen LogP contribution is -2.57. The van der Waals surface area contributed by atoms with Gasteiger partial charge in [0.05, 0.1) is 10.6 Å². The highest BCUT2D eigenvalue weighted by Gasteiger charge is 2.48. The number of likely N-dealkylation sites (tertiary alicyclic amines) is 1. The van der Waals surface area contributed by atoms with E-state index in [0.29, 0.717) is 49.0 Å². The monoisotopic (exact) mass is 376 g/mol. The molecule has 4 aliphatic heterocycles. The van der Waals surface area contributed by atoms with E-state index in [9.17, 15) is 19.2 Å². The molecule has 4 aliphatic rings. The van der Waals surface area contributed by atoms with Crippen LogP contribution in [0.15, 0.2) is 27.7 Å². The molecule has 5 amide bonds. The molecule has 1 spiro atoms. The topological polar surface area (TPSA) is 132 Å². The van der Waals surface area contributed by atoms with Gasteiger partial charge in [-0.3, -0.25) is 25.0 Å². The van der Waals surface area contributed by atoms with Gasteiger partial charge in [-0.2, -0.15) is 0 Å². The van der Waals surface area contributed by atoms with Crippen molar-refractivity contribution < 1.29 is 19.2 Å². The fourth-order valence-electron chi connectivity index (χ4n) is 3.26. The Morgan fingerprint density at radius 2 is 1.92 bits per heavy atom. The lowest BCUT2D eigenvalue weighted by molar-refractivity contribution is -0.125. The summed E-state index contributed by atoms with van der Waals surface area (Å²) in [6.45, 7) is 1.64. The van der Waals surface area contributed by atoms with Crippen molar-refractivity contribution in [2.24, 2.45) is 4.99 Å². The Labute approximate surface area is 152 Å². The molecule has 11 heteroatoms. The summed E-state index contributed by atoms with van der Waals surface area (Å²) < 4.78 is 0. The molecule has 4 N–H and O–H groups in total. The van der Waals surface area contributed by atoms with Gasteiger partial charge < -0.3 is 15.5 Å². The van der Waals surface area contributed by atoms with Gasteiger partial charge in [0.15, 0.2) is 5.96 Å². The first-order chi connectivity index (χ1) is 12.4. The molecular formula is C15H16N6O4S. The van der Waals surface area contributed by atoms with E-state index < -0.39 is 22.7 Å². The summed E-state index contributed by atoms with van der Waals surface area (Å²) >= 11 is 0.850. The molecule has 0 aromatic carbocycles. The highest BCUT2D eigenvalue weighted by atomic mass is 32.2. The van der Waals surface area contributed by atoms with E-state index in [1.54, 1.807) is 6.08 Å². The SMILES string of the molecule is O=C1NC(=O)C2(CCN(C3=NC(/C=C4\SC(=O)NC4=O)=CCN3)CC2)N1. The second-order valence-corrected chi connectivity index (χ2v) is 7.29. The minimum absolute atomic E-state index is 0.278. The molecule has 3 fully saturated rings. The predicted molar refractivity (Wildman–Crippen MR) is 92.9 cm³/mol. The normalized spacial score (nSPS) is 26.3. The third-order valence-corrected chi connectivity index (χ3v) is 5.47. The van der Waals surface area contributed by atoms with Crippen LogP contribution in [-0.4, -0.2) is 59.1 Å². The average Bonchev–Trinajstić information content (AvgIpc) is 3.06. The van der Waals surface area contributed by atoms with Crippen LogP contribution in [-0.2, 0) is 9.59 Å². The molecule has 0 saturated carbocycles. The number of thioether (sulfide) groups is 1. The minimum atomic E-state index is -0.831. The number of guanidine groups is 1. The number of aliphatic imine (C=N–C) groups is 1. The molecule has 10 nitrogen and oxygen atoms in total. The summed E-state index contributed by atoms with van der Waals surface area (Å²) in [6.07, 6.45) is 4.38. The van der Waals surface area contributed by atoms with Crippen molar-refractivity contribution in [2.75, 3.05) is 19.6 Å². The maximum Gasteiger partial charge on any atom is 0.322 e. The van der Waals surface area contributed by atoms with Gasteiger partial charge in [-0.1, -0.05) is 0 Å². The molecule has 0 unspecified atom stereocenters. The molecule has 4 rings (SSSR count). The van der Waals surface area contributed by atoms with Gasteiger partial charge in [-0.25, -0.2) is 9.79 Å². The van der Waals surface area contributed by atoms with Gasteiger partial charge in [0, 0.05) is 19.6 Å². The largest absolute Gasteiger partial charge is 0.352 e. The first kappa shape index (κ1) is 16.6. The number of carbonyl (C=O) groups is 4. The number of hydrogen-bond acceptors (Lipinski definition) is 8. The maximum absolute atomic E-state index is 12.0. The average molecular weight is 376 g/mol. The third-order valence-electron chi connectivity index (χ3n) is 4.66. The van der Waals surface area contributed by atoms with Crippen molar-refractivity contribution in [3.05, 3.63) is 22.8 Å². The minimum Gasteiger partial charge on any atom is -0.352 e. The number of hydrogen-bond donors (Lipinski definition) is 4. The molecule has 0 bridgehead atoms. The Balaban J connectivity index is 1.45. The number of amides is 5. The molecule has 0 aromatic rings. The summed E-state index contributed by atoms with van der Waals surface area (Å²) in [5.74, 6) is -0.0484. The second-order valence-electron chi connectivity index (χ2n) is 6.27. The van der Waals surface area contributed by atoms with Gasteiger partial charge in [-0.05, 0) is 36.8 Å².